The maximum atomic E-state index is 13.5. The lowest BCUT2D eigenvalue weighted by Crippen LogP contribution is -2.27. The van der Waals surface area contributed by atoms with E-state index in [1.165, 1.54) is 18.5 Å². The molecule has 9 heteroatoms. The van der Waals surface area contributed by atoms with Crippen molar-refractivity contribution in [3.63, 3.8) is 0 Å². The number of aromatic nitrogens is 2. The molecule has 0 aliphatic carbocycles. The Kier molecular flexibility index (Phi) is 5.69. The van der Waals surface area contributed by atoms with E-state index in [0.717, 1.165) is 23.9 Å². The van der Waals surface area contributed by atoms with Gasteiger partial charge in [0.15, 0.2) is 0 Å². The Morgan fingerprint density at radius 1 is 1.37 bits per heavy atom. The lowest BCUT2D eigenvalue weighted by atomic mass is 10.1. The number of amides is 1. The minimum absolute atomic E-state index is 0.0266. The molecule has 30 heavy (non-hydrogen) atoms. The summed E-state index contributed by atoms with van der Waals surface area (Å²) in [6.07, 6.45) is 2.21. The molecule has 1 fully saturated rings. The minimum Gasteiger partial charge on any atom is -0.496 e. The monoisotopic (exact) mass is 429 g/mol. The smallest absolute Gasteiger partial charge is 0.221 e. The normalized spacial score (nSPS) is 16.7. The molecule has 3 N–H and O–H groups in total. The Morgan fingerprint density at radius 2 is 2.20 bits per heavy atom. The summed E-state index contributed by atoms with van der Waals surface area (Å²) in [5.41, 5.74) is 7.72. The SMILES string of the molecule is COc1cc2ncnc(Nc3ccc(F)c(Cl)c3)c2cc1CN1CC[C@@H](C(N)=O)C1. The Labute approximate surface area is 178 Å². The number of nitrogens with one attached hydrogen (secondary N) is 1. The molecule has 1 saturated heterocycles. The van der Waals surface area contributed by atoms with Crippen LogP contribution in [0, 0.1) is 11.7 Å². The number of anilines is 2. The Balaban J connectivity index is 1.66. The van der Waals surface area contributed by atoms with Crippen molar-refractivity contribution >= 4 is 39.9 Å². The van der Waals surface area contributed by atoms with E-state index in [9.17, 15) is 9.18 Å². The van der Waals surface area contributed by atoms with Crippen molar-refractivity contribution < 1.29 is 13.9 Å². The van der Waals surface area contributed by atoms with Crippen molar-refractivity contribution in [1.29, 1.82) is 0 Å². The van der Waals surface area contributed by atoms with Crippen LogP contribution in [0.25, 0.3) is 10.9 Å². The number of hydrogen-bond acceptors (Lipinski definition) is 6. The van der Waals surface area contributed by atoms with E-state index < -0.39 is 5.82 Å². The molecule has 7 nitrogen and oxygen atoms in total. The number of nitrogens with two attached hydrogens (primary N) is 1. The van der Waals surface area contributed by atoms with Gasteiger partial charge in [0.2, 0.25) is 5.91 Å². The standard InChI is InChI=1S/C21H21ClFN5O2/c1-30-19-8-18-15(6-13(19)10-28-5-4-12(9-28)20(24)29)21(26-11-25-18)27-14-2-3-17(23)16(22)7-14/h2-3,6-8,11-12H,4-5,9-10H2,1H3,(H2,24,29)(H,25,26,27)/t12-/m1/s1. The van der Waals surface area contributed by atoms with Gasteiger partial charge in [-0.05, 0) is 37.2 Å². The first kappa shape index (κ1) is 20.3. The van der Waals surface area contributed by atoms with Gasteiger partial charge in [0.05, 0.1) is 23.6 Å². The summed E-state index contributed by atoms with van der Waals surface area (Å²) in [5, 5.41) is 4.00. The van der Waals surface area contributed by atoms with Crippen LogP contribution in [0.3, 0.4) is 0 Å². The molecule has 0 radical (unpaired) electrons. The number of primary amides is 1. The molecule has 156 valence electrons. The Bertz CT molecular complexity index is 1110. The summed E-state index contributed by atoms with van der Waals surface area (Å²) in [6, 6.07) is 8.22. The fraction of sp³-hybridized carbons (Fsp3) is 0.286. The van der Waals surface area contributed by atoms with Crippen LogP contribution in [0.4, 0.5) is 15.9 Å². The first-order valence-corrected chi connectivity index (χ1v) is 9.87. The third-order valence-electron chi connectivity index (χ3n) is 5.29. The third-order valence-corrected chi connectivity index (χ3v) is 5.58. The van der Waals surface area contributed by atoms with Crippen molar-refractivity contribution in [2.45, 2.75) is 13.0 Å². The average molecular weight is 430 g/mol. The second-order valence-corrected chi connectivity index (χ2v) is 7.69. The lowest BCUT2D eigenvalue weighted by molar-refractivity contribution is -0.121. The quantitative estimate of drug-likeness (QED) is 0.623. The molecule has 1 aromatic heterocycles. The van der Waals surface area contributed by atoms with Crippen LogP contribution in [-0.2, 0) is 11.3 Å². The number of ether oxygens (including phenoxy) is 1. The molecule has 0 unspecified atom stereocenters. The number of fused-ring (bicyclic) bond motifs is 1. The summed E-state index contributed by atoms with van der Waals surface area (Å²) in [7, 11) is 1.61. The maximum Gasteiger partial charge on any atom is 0.221 e. The molecule has 0 bridgehead atoms. The van der Waals surface area contributed by atoms with Gasteiger partial charge in [0.25, 0.3) is 0 Å². The van der Waals surface area contributed by atoms with E-state index >= 15 is 0 Å². The zero-order valence-corrected chi connectivity index (χ0v) is 17.1. The molecule has 1 amide bonds. The molecular formula is C21H21ClFN5O2. The fourth-order valence-corrected chi connectivity index (χ4v) is 3.88. The molecular weight excluding hydrogens is 409 g/mol. The van der Waals surface area contributed by atoms with Crippen molar-refractivity contribution in [3.8, 4) is 5.75 Å². The van der Waals surface area contributed by atoms with Crippen LogP contribution in [0.15, 0.2) is 36.7 Å². The van der Waals surface area contributed by atoms with E-state index in [2.05, 4.69) is 20.2 Å². The Morgan fingerprint density at radius 3 is 2.90 bits per heavy atom. The number of rotatable bonds is 6. The van der Waals surface area contributed by atoms with E-state index in [-0.39, 0.29) is 16.8 Å². The van der Waals surface area contributed by atoms with Gasteiger partial charge in [0, 0.05) is 35.8 Å². The van der Waals surface area contributed by atoms with E-state index in [4.69, 9.17) is 22.1 Å². The molecule has 1 aliphatic heterocycles. The second kappa shape index (κ2) is 8.41. The van der Waals surface area contributed by atoms with Crippen LogP contribution in [0.2, 0.25) is 5.02 Å². The summed E-state index contributed by atoms with van der Waals surface area (Å²) in [6.45, 7) is 2.03. The van der Waals surface area contributed by atoms with Crippen LogP contribution < -0.4 is 15.8 Å². The first-order chi connectivity index (χ1) is 14.4. The number of benzene rings is 2. The van der Waals surface area contributed by atoms with Gasteiger partial charge in [-0.3, -0.25) is 9.69 Å². The number of carbonyl (C=O) groups is 1. The number of likely N-dealkylation sites (tertiary alicyclic amines) is 1. The molecule has 1 atom stereocenters. The highest BCUT2D eigenvalue weighted by atomic mass is 35.5. The molecule has 2 aromatic carbocycles. The number of halogens is 2. The Hall–Kier alpha value is -2.97. The third kappa shape index (κ3) is 4.15. The van der Waals surface area contributed by atoms with Gasteiger partial charge in [-0.15, -0.1) is 0 Å². The summed E-state index contributed by atoms with van der Waals surface area (Å²) in [5.74, 6) is 0.408. The van der Waals surface area contributed by atoms with Crippen molar-refractivity contribution in [3.05, 3.63) is 53.1 Å². The molecule has 1 aliphatic rings. The summed E-state index contributed by atoms with van der Waals surface area (Å²) >= 11 is 5.89. The highest BCUT2D eigenvalue weighted by Gasteiger charge is 2.27. The van der Waals surface area contributed by atoms with Crippen LogP contribution in [-0.4, -0.2) is 41.0 Å². The second-order valence-electron chi connectivity index (χ2n) is 7.28. The van der Waals surface area contributed by atoms with Crippen LogP contribution >= 0.6 is 11.6 Å². The number of hydrogen-bond donors (Lipinski definition) is 2. The van der Waals surface area contributed by atoms with Crippen LogP contribution in [0.1, 0.15) is 12.0 Å². The van der Waals surface area contributed by atoms with Gasteiger partial charge in [-0.25, -0.2) is 14.4 Å². The van der Waals surface area contributed by atoms with E-state index in [1.807, 2.05) is 12.1 Å². The average Bonchev–Trinajstić information content (AvgIpc) is 3.20. The molecule has 0 spiro atoms. The minimum atomic E-state index is -0.485. The highest BCUT2D eigenvalue weighted by molar-refractivity contribution is 6.31. The van der Waals surface area contributed by atoms with Gasteiger partial charge in [0.1, 0.15) is 23.7 Å². The molecule has 2 heterocycles. The summed E-state index contributed by atoms with van der Waals surface area (Å²) < 4.78 is 19.0. The predicted molar refractivity (Wildman–Crippen MR) is 113 cm³/mol. The van der Waals surface area contributed by atoms with E-state index in [1.54, 1.807) is 13.2 Å². The maximum absolute atomic E-state index is 13.5. The first-order valence-electron chi connectivity index (χ1n) is 9.50. The number of carbonyl (C=O) groups excluding carboxylic acids is 1. The van der Waals surface area contributed by atoms with Gasteiger partial charge < -0.3 is 15.8 Å². The summed E-state index contributed by atoms with van der Waals surface area (Å²) in [4.78, 5) is 22.3. The van der Waals surface area contributed by atoms with Crippen LogP contribution in [0.5, 0.6) is 5.75 Å². The zero-order valence-electron chi connectivity index (χ0n) is 16.4. The van der Waals surface area contributed by atoms with Crippen molar-refractivity contribution in [2.24, 2.45) is 11.7 Å². The van der Waals surface area contributed by atoms with Gasteiger partial charge in [-0.2, -0.15) is 0 Å². The topological polar surface area (TPSA) is 93.4 Å². The fourth-order valence-electron chi connectivity index (χ4n) is 3.70. The largest absolute Gasteiger partial charge is 0.496 e. The zero-order chi connectivity index (χ0) is 21.3. The predicted octanol–water partition coefficient (Wildman–Crippen LogP) is 3.48. The van der Waals surface area contributed by atoms with Crippen molar-refractivity contribution in [2.75, 3.05) is 25.5 Å². The molecule has 3 aromatic rings. The van der Waals surface area contributed by atoms with Gasteiger partial charge in [-0.1, -0.05) is 11.6 Å². The highest BCUT2D eigenvalue weighted by Crippen LogP contribution is 2.32. The lowest BCUT2D eigenvalue weighted by Gasteiger charge is -2.18. The van der Waals surface area contributed by atoms with Crippen molar-refractivity contribution in [1.82, 2.24) is 14.9 Å². The molecule has 0 saturated carbocycles. The van der Waals surface area contributed by atoms with E-state index in [0.29, 0.717) is 35.9 Å². The molecule has 4 rings (SSSR count). The van der Waals surface area contributed by atoms with Gasteiger partial charge >= 0.3 is 0 Å². The number of nitrogens with zero attached hydrogens (tertiary/aromatic N) is 3. The number of methoxy groups -OCH3 is 1.